The summed E-state index contributed by atoms with van der Waals surface area (Å²) in [4.78, 5) is 26.4. The van der Waals surface area contributed by atoms with Gasteiger partial charge < -0.3 is 10.2 Å². The maximum absolute atomic E-state index is 12.3. The first-order valence-electron chi connectivity index (χ1n) is 9.28. The number of piperazine rings is 1. The van der Waals surface area contributed by atoms with Crippen molar-refractivity contribution >= 4 is 29.6 Å². The maximum Gasteiger partial charge on any atom is 0.332 e. The van der Waals surface area contributed by atoms with Crippen LogP contribution in [-0.2, 0) is 0 Å². The first-order valence-corrected chi connectivity index (χ1v) is 10.1. The quantitative estimate of drug-likeness (QED) is 0.778. The topological polar surface area (TPSA) is 88.4 Å². The first kappa shape index (κ1) is 18.5. The zero-order valence-electron chi connectivity index (χ0n) is 15.4. The fourth-order valence-electron chi connectivity index (χ4n) is 3.32. The predicted molar refractivity (Wildman–Crippen MR) is 108 cm³/mol. The highest BCUT2D eigenvalue weighted by molar-refractivity contribution is 7.97. The van der Waals surface area contributed by atoms with Crippen LogP contribution in [0, 0.1) is 11.3 Å². The van der Waals surface area contributed by atoms with E-state index in [2.05, 4.69) is 31.2 Å². The highest BCUT2D eigenvalue weighted by Crippen LogP contribution is 2.35. The van der Waals surface area contributed by atoms with E-state index in [1.807, 2.05) is 12.1 Å². The smallest absolute Gasteiger partial charge is 0.332 e. The Kier molecular flexibility index (Phi) is 5.60. The number of carbonyl (C=O) groups excluding carboxylic acids is 1. The summed E-state index contributed by atoms with van der Waals surface area (Å²) >= 11 is 1.41. The number of amides is 2. The van der Waals surface area contributed by atoms with E-state index < -0.39 is 0 Å². The number of nitriles is 1. The second kappa shape index (κ2) is 8.46. The van der Waals surface area contributed by atoms with Gasteiger partial charge in [0.05, 0.1) is 22.2 Å². The van der Waals surface area contributed by atoms with Gasteiger partial charge in [0.25, 0.3) is 0 Å². The van der Waals surface area contributed by atoms with Crippen LogP contribution in [0.3, 0.4) is 0 Å². The molecule has 0 unspecified atom stereocenters. The van der Waals surface area contributed by atoms with Crippen LogP contribution < -0.4 is 10.2 Å². The fourth-order valence-corrected chi connectivity index (χ4v) is 4.30. The minimum Gasteiger partial charge on any atom is -0.338 e. The number of benzene rings is 1. The number of nitrogens with zero attached hydrogens (tertiary/aromatic N) is 6. The fraction of sp³-hybridized carbons (Fsp3) is 0.368. The molecular weight excluding hydrogens is 374 g/mol. The van der Waals surface area contributed by atoms with Crippen molar-refractivity contribution in [1.29, 1.82) is 5.26 Å². The summed E-state index contributed by atoms with van der Waals surface area (Å²) in [6.45, 7) is 5.35. The number of carbonyl (C=O) groups is 1. The molecule has 0 saturated carbocycles. The minimum atomic E-state index is -0.103. The lowest BCUT2D eigenvalue weighted by Crippen LogP contribution is -2.47. The molecule has 1 aromatic heterocycles. The molecule has 0 radical (unpaired) electrons. The molecule has 1 saturated heterocycles. The predicted octanol–water partition coefficient (Wildman–Crippen LogP) is 2.42. The highest BCUT2D eigenvalue weighted by atomic mass is 32.2. The molecule has 2 amide bonds. The summed E-state index contributed by atoms with van der Waals surface area (Å²) in [6, 6.07) is 9.18. The Morgan fingerprint density at radius 2 is 1.93 bits per heavy atom. The molecule has 0 aliphatic carbocycles. The lowest BCUT2D eigenvalue weighted by atomic mass is 10.2. The zero-order chi connectivity index (χ0) is 19.3. The van der Waals surface area contributed by atoms with Crippen molar-refractivity contribution in [1.82, 2.24) is 19.2 Å². The van der Waals surface area contributed by atoms with Crippen LogP contribution in [0.1, 0.15) is 12.0 Å². The third-order valence-electron chi connectivity index (χ3n) is 4.83. The molecule has 4 rings (SSSR count). The average molecular weight is 395 g/mol. The molecule has 1 aromatic carbocycles. The van der Waals surface area contributed by atoms with E-state index in [0.717, 1.165) is 55.7 Å². The van der Waals surface area contributed by atoms with Crippen LogP contribution in [0.2, 0.25) is 0 Å². The molecule has 8 nitrogen and oxygen atoms in total. The number of fused-ring (bicyclic) bond motifs is 1. The summed E-state index contributed by atoms with van der Waals surface area (Å²) in [5, 5.41) is 12.0. The molecule has 1 fully saturated rings. The Morgan fingerprint density at radius 3 is 2.68 bits per heavy atom. The van der Waals surface area contributed by atoms with Crippen LogP contribution in [0.25, 0.3) is 0 Å². The Labute approximate surface area is 168 Å². The second-order valence-corrected chi connectivity index (χ2v) is 7.74. The minimum absolute atomic E-state index is 0.103. The van der Waals surface area contributed by atoms with Crippen molar-refractivity contribution < 1.29 is 4.79 Å². The van der Waals surface area contributed by atoms with Gasteiger partial charge in [-0.15, -0.1) is 0 Å². The zero-order valence-corrected chi connectivity index (χ0v) is 16.2. The molecule has 2 aromatic rings. The molecule has 2 aliphatic heterocycles. The Morgan fingerprint density at radius 1 is 1.14 bits per heavy atom. The molecular formula is C19H21N7OS. The molecule has 0 atom stereocenters. The first-order chi connectivity index (χ1) is 13.7. The number of nitrogens with one attached hydrogen (secondary N) is 1. The van der Waals surface area contributed by atoms with E-state index in [1.165, 1.54) is 11.9 Å². The lowest BCUT2D eigenvalue weighted by molar-refractivity contribution is 0.228. The van der Waals surface area contributed by atoms with Gasteiger partial charge in [-0.05, 0) is 42.6 Å². The normalized spacial score (nSPS) is 17.0. The summed E-state index contributed by atoms with van der Waals surface area (Å²) in [7, 11) is 0. The van der Waals surface area contributed by atoms with Crippen molar-refractivity contribution in [2.24, 2.45) is 0 Å². The van der Waals surface area contributed by atoms with E-state index in [1.54, 1.807) is 28.8 Å². The molecule has 2 aliphatic rings. The van der Waals surface area contributed by atoms with Gasteiger partial charge >= 0.3 is 6.03 Å². The van der Waals surface area contributed by atoms with Crippen molar-refractivity contribution in [3.63, 3.8) is 0 Å². The SMILES string of the molecule is N#Cc1ccc2c(c1)SN(CCCN1CCN(c3ncccn3)CC1)C(=O)N2. The number of hydrogen-bond acceptors (Lipinski definition) is 7. The van der Waals surface area contributed by atoms with Crippen LogP contribution in [0.5, 0.6) is 0 Å². The van der Waals surface area contributed by atoms with Gasteiger partial charge in [0, 0.05) is 51.7 Å². The third-order valence-corrected chi connectivity index (χ3v) is 5.93. The highest BCUT2D eigenvalue weighted by Gasteiger charge is 2.24. The largest absolute Gasteiger partial charge is 0.338 e. The van der Waals surface area contributed by atoms with E-state index in [4.69, 9.17) is 5.26 Å². The molecule has 0 spiro atoms. The van der Waals surface area contributed by atoms with E-state index in [0.29, 0.717) is 12.1 Å². The Balaban J connectivity index is 1.24. The van der Waals surface area contributed by atoms with Crippen molar-refractivity contribution in [3.05, 3.63) is 42.2 Å². The van der Waals surface area contributed by atoms with Gasteiger partial charge in [0.2, 0.25) is 5.95 Å². The van der Waals surface area contributed by atoms with Gasteiger partial charge in [0.1, 0.15) is 0 Å². The Bertz CT molecular complexity index is 878. The van der Waals surface area contributed by atoms with Crippen LogP contribution >= 0.6 is 11.9 Å². The average Bonchev–Trinajstić information content (AvgIpc) is 2.75. The third kappa shape index (κ3) is 4.18. The molecule has 3 heterocycles. The van der Waals surface area contributed by atoms with Crippen LogP contribution in [0.15, 0.2) is 41.6 Å². The van der Waals surface area contributed by atoms with Crippen LogP contribution in [-0.4, -0.2) is 64.5 Å². The second-order valence-electron chi connectivity index (χ2n) is 6.68. The number of hydrogen-bond donors (Lipinski definition) is 1. The molecule has 9 heteroatoms. The number of anilines is 2. The van der Waals surface area contributed by atoms with Crippen LogP contribution in [0.4, 0.5) is 16.4 Å². The van der Waals surface area contributed by atoms with Gasteiger partial charge in [-0.25, -0.2) is 14.8 Å². The molecule has 28 heavy (non-hydrogen) atoms. The summed E-state index contributed by atoms with van der Waals surface area (Å²) in [6.07, 6.45) is 4.44. The lowest BCUT2D eigenvalue weighted by Gasteiger charge is -2.35. The Hall–Kier alpha value is -2.83. The summed E-state index contributed by atoms with van der Waals surface area (Å²) in [5.41, 5.74) is 1.37. The summed E-state index contributed by atoms with van der Waals surface area (Å²) in [5.74, 6) is 0.791. The van der Waals surface area contributed by atoms with Gasteiger partial charge in [-0.3, -0.25) is 9.21 Å². The number of urea groups is 1. The van der Waals surface area contributed by atoms with Gasteiger partial charge in [0.15, 0.2) is 0 Å². The van der Waals surface area contributed by atoms with Crippen molar-refractivity contribution in [2.45, 2.75) is 11.3 Å². The van der Waals surface area contributed by atoms with E-state index in [-0.39, 0.29) is 6.03 Å². The monoisotopic (exact) mass is 395 g/mol. The van der Waals surface area contributed by atoms with Crippen molar-refractivity contribution in [2.75, 3.05) is 49.5 Å². The number of rotatable bonds is 5. The molecule has 1 N–H and O–H groups in total. The van der Waals surface area contributed by atoms with Gasteiger partial charge in [-0.2, -0.15) is 5.26 Å². The molecule has 144 valence electrons. The standard InChI is InChI=1S/C19H21N7OS/c20-14-15-3-4-16-17(13-15)28-26(19(27)23-16)8-2-7-24-9-11-25(12-10-24)18-21-5-1-6-22-18/h1,3-6,13H,2,7-12H2,(H,23,27). The van der Waals surface area contributed by atoms with Crippen molar-refractivity contribution in [3.8, 4) is 6.07 Å². The maximum atomic E-state index is 12.3. The van der Waals surface area contributed by atoms with Gasteiger partial charge in [-0.1, -0.05) is 0 Å². The van der Waals surface area contributed by atoms with E-state index >= 15 is 0 Å². The number of aromatic nitrogens is 2. The van der Waals surface area contributed by atoms with E-state index in [9.17, 15) is 4.79 Å². The summed E-state index contributed by atoms with van der Waals surface area (Å²) < 4.78 is 1.73. The molecule has 0 bridgehead atoms.